The molecule has 0 spiro atoms. The number of carboxylic acid groups (broad SMARTS) is 1. The molecule has 0 bridgehead atoms. The molecule has 1 N–H and O–H groups in total. The van der Waals surface area contributed by atoms with E-state index in [0.29, 0.717) is 0 Å². The molecular formula is C16H11BrF3NO6. The van der Waals surface area contributed by atoms with Crippen molar-refractivity contribution in [3.05, 3.63) is 56.5 Å². The molecule has 0 saturated carbocycles. The Morgan fingerprint density at radius 2 is 1.85 bits per heavy atom. The van der Waals surface area contributed by atoms with E-state index < -0.39 is 34.4 Å². The number of rotatable bonds is 6. The van der Waals surface area contributed by atoms with Gasteiger partial charge in [0.1, 0.15) is 5.75 Å². The standard InChI is InChI=1S/C16H11BrF3NO6/c1-8(15(22)23)26-12-3-2-4-13(14(12)21(24)25)27-11-6-5-9(7-10(11)17)16(18,19)20/h2-8H,1H3,(H,22,23). The number of carbonyl (C=O) groups is 1. The van der Waals surface area contributed by atoms with Gasteiger partial charge in [-0.25, -0.2) is 4.79 Å². The topological polar surface area (TPSA) is 98.9 Å². The smallest absolute Gasteiger partial charge is 0.416 e. The lowest BCUT2D eigenvalue weighted by Gasteiger charge is -2.14. The fraction of sp³-hybridized carbons (Fsp3) is 0.188. The molecule has 2 rings (SSSR count). The maximum absolute atomic E-state index is 12.7. The third kappa shape index (κ3) is 4.88. The number of ether oxygens (including phenoxy) is 2. The van der Waals surface area contributed by atoms with Crippen LogP contribution in [0.25, 0.3) is 0 Å². The van der Waals surface area contributed by atoms with Crippen LogP contribution < -0.4 is 9.47 Å². The summed E-state index contributed by atoms with van der Waals surface area (Å²) in [6.45, 7) is 1.19. The van der Waals surface area contributed by atoms with Gasteiger partial charge in [0, 0.05) is 0 Å². The number of nitro benzene ring substituents is 1. The van der Waals surface area contributed by atoms with Crippen LogP contribution in [0.15, 0.2) is 40.9 Å². The highest BCUT2D eigenvalue weighted by molar-refractivity contribution is 9.10. The summed E-state index contributed by atoms with van der Waals surface area (Å²) >= 11 is 2.93. The predicted molar refractivity (Wildman–Crippen MR) is 90.0 cm³/mol. The zero-order chi connectivity index (χ0) is 20.4. The van der Waals surface area contributed by atoms with Crippen LogP contribution in [0.5, 0.6) is 17.2 Å². The van der Waals surface area contributed by atoms with Gasteiger partial charge < -0.3 is 14.6 Å². The number of alkyl halides is 3. The fourth-order valence-corrected chi connectivity index (χ4v) is 2.44. The summed E-state index contributed by atoms with van der Waals surface area (Å²) in [5.74, 6) is -2.11. The number of benzene rings is 2. The van der Waals surface area contributed by atoms with Crippen LogP contribution in [-0.2, 0) is 11.0 Å². The molecule has 27 heavy (non-hydrogen) atoms. The molecule has 2 aromatic carbocycles. The molecule has 0 aromatic heterocycles. The molecule has 144 valence electrons. The Bertz CT molecular complexity index is 887. The van der Waals surface area contributed by atoms with Crippen molar-refractivity contribution < 1.29 is 37.5 Å². The fourth-order valence-electron chi connectivity index (χ4n) is 1.98. The lowest BCUT2D eigenvalue weighted by Crippen LogP contribution is -2.23. The molecule has 0 aliphatic carbocycles. The predicted octanol–water partition coefficient (Wildman–Crippen LogP) is 5.02. The molecule has 0 aliphatic heterocycles. The van der Waals surface area contributed by atoms with Crippen molar-refractivity contribution >= 4 is 27.6 Å². The zero-order valence-electron chi connectivity index (χ0n) is 13.5. The van der Waals surface area contributed by atoms with Crippen LogP contribution >= 0.6 is 15.9 Å². The van der Waals surface area contributed by atoms with Gasteiger partial charge in [-0.1, -0.05) is 6.07 Å². The first-order valence-electron chi connectivity index (χ1n) is 7.22. The van der Waals surface area contributed by atoms with E-state index in [0.717, 1.165) is 18.2 Å². The summed E-state index contributed by atoms with van der Waals surface area (Å²) in [6.07, 6.45) is -5.93. The summed E-state index contributed by atoms with van der Waals surface area (Å²) < 4.78 is 48.5. The Morgan fingerprint density at radius 1 is 1.22 bits per heavy atom. The van der Waals surface area contributed by atoms with E-state index in [4.69, 9.17) is 14.6 Å². The molecule has 0 aliphatic rings. The molecule has 1 atom stereocenters. The summed E-state index contributed by atoms with van der Waals surface area (Å²) in [6, 6.07) is 6.26. The lowest BCUT2D eigenvalue weighted by atomic mass is 10.2. The molecule has 1 unspecified atom stereocenters. The highest BCUT2D eigenvalue weighted by Crippen LogP contribution is 2.42. The largest absolute Gasteiger partial charge is 0.479 e. The second kappa shape index (κ2) is 7.82. The van der Waals surface area contributed by atoms with Gasteiger partial charge in [-0.15, -0.1) is 0 Å². The van der Waals surface area contributed by atoms with Crippen molar-refractivity contribution in [1.82, 2.24) is 0 Å². The van der Waals surface area contributed by atoms with Crippen molar-refractivity contribution in [3.63, 3.8) is 0 Å². The normalized spacial score (nSPS) is 12.3. The number of nitro groups is 1. The monoisotopic (exact) mass is 449 g/mol. The number of hydrogen-bond donors (Lipinski definition) is 1. The molecule has 0 heterocycles. The number of halogens is 4. The maximum atomic E-state index is 12.7. The number of carboxylic acids is 1. The Kier molecular flexibility index (Phi) is 5.94. The number of nitrogens with zero attached hydrogens (tertiary/aromatic N) is 1. The molecule has 2 aromatic rings. The summed E-state index contributed by atoms with van der Waals surface area (Å²) in [7, 11) is 0. The molecule has 7 nitrogen and oxygen atoms in total. The minimum atomic E-state index is -4.56. The van der Waals surface area contributed by atoms with Gasteiger partial charge in [0.05, 0.1) is 15.0 Å². The van der Waals surface area contributed by atoms with Gasteiger partial charge in [-0.05, 0) is 53.2 Å². The van der Waals surface area contributed by atoms with Crippen LogP contribution in [0.4, 0.5) is 18.9 Å². The molecule has 11 heteroatoms. The van der Waals surface area contributed by atoms with Crippen LogP contribution in [0.2, 0.25) is 0 Å². The Hall–Kier alpha value is -2.82. The van der Waals surface area contributed by atoms with Crippen molar-refractivity contribution in [2.45, 2.75) is 19.2 Å². The van der Waals surface area contributed by atoms with Crippen LogP contribution in [0.1, 0.15) is 12.5 Å². The van der Waals surface area contributed by atoms with E-state index >= 15 is 0 Å². The number of para-hydroxylation sites is 1. The highest BCUT2D eigenvalue weighted by Gasteiger charge is 2.31. The van der Waals surface area contributed by atoms with E-state index in [2.05, 4.69) is 15.9 Å². The van der Waals surface area contributed by atoms with E-state index in [1.54, 1.807) is 0 Å². The number of aliphatic carboxylic acids is 1. The average molecular weight is 450 g/mol. The second-order valence-corrected chi connectivity index (χ2v) is 6.06. The van der Waals surface area contributed by atoms with Gasteiger partial charge in [0.25, 0.3) is 0 Å². The average Bonchev–Trinajstić information content (AvgIpc) is 2.55. The van der Waals surface area contributed by atoms with Crippen LogP contribution in [0, 0.1) is 10.1 Å². The zero-order valence-corrected chi connectivity index (χ0v) is 15.1. The van der Waals surface area contributed by atoms with E-state index in [9.17, 15) is 28.1 Å². The minimum absolute atomic E-state index is 0.0724. The van der Waals surface area contributed by atoms with Gasteiger partial charge in [0.15, 0.2) is 6.10 Å². The first-order chi connectivity index (χ1) is 12.5. The third-order valence-electron chi connectivity index (χ3n) is 3.28. The van der Waals surface area contributed by atoms with Gasteiger partial charge in [-0.2, -0.15) is 13.2 Å². The molecular weight excluding hydrogens is 439 g/mol. The van der Waals surface area contributed by atoms with Gasteiger partial charge in [0.2, 0.25) is 11.5 Å². The first-order valence-corrected chi connectivity index (χ1v) is 8.01. The summed E-state index contributed by atoms with van der Waals surface area (Å²) in [5.41, 5.74) is -1.58. The summed E-state index contributed by atoms with van der Waals surface area (Å²) in [4.78, 5) is 21.5. The van der Waals surface area contributed by atoms with Crippen LogP contribution in [-0.4, -0.2) is 22.1 Å². The van der Waals surface area contributed by atoms with Gasteiger partial charge >= 0.3 is 17.8 Å². The van der Waals surface area contributed by atoms with E-state index in [1.165, 1.54) is 25.1 Å². The van der Waals surface area contributed by atoms with E-state index in [-0.39, 0.29) is 21.7 Å². The second-order valence-electron chi connectivity index (χ2n) is 5.20. The van der Waals surface area contributed by atoms with Crippen molar-refractivity contribution in [2.75, 3.05) is 0 Å². The SMILES string of the molecule is CC(Oc1cccc(Oc2ccc(C(F)(F)F)cc2Br)c1[N+](=O)[O-])C(=O)O. The van der Waals surface area contributed by atoms with Gasteiger partial charge in [-0.3, -0.25) is 10.1 Å². The third-order valence-corrected chi connectivity index (χ3v) is 3.89. The Balaban J connectivity index is 2.42. The van der Waals surface area contributed by atoms with Crippen molar-refractivity contribution in [3.8, 4) is 17.2 Å². The molecule has 0 amide bonds. The highest BCUT2D eigenvalue weighted by atomic mass is 79.9. The quantitative estimate of drug-likeness (QED) is 0.490. The van der Waals surface area contributed by atoms with Crippen molar-refractivity contribution in [2.24, 2.45) is 0 Å². The lowest BCUT2D eigenvalue weighted by molar-refractivity contribution is -0.386. The van der Waals surface area contributed by atoms with E-state index in [1.807, 2.05) is 0 Å². The molecule has 0 fully saturated rings. The first kappa shape index (κ1) is 20.5. The number of hydrogen-bond acceptors (Lipinski definition) is 5. The molecule has 0 radical (unpaired) electrons. The van der Waals surface area contributed by atoms with Crippen molar-refractivity contribution in [1.29, 1.82) is 0 Å². The minimum Gasteiger partial charge on any atom is -0.479 e. The maximum Gasteiger partial charge on any atom is 0.416 e. The van der Waals surface area contributed by atoms with Crippen LogP contribution in [0.3, 0.4) is 0 Å². The Morgan fingerprint density at radius 3 is 2.37 bits per heavy atom. The molecule has 0 saturated heterocycles. The Labute approximate surface area is 158 Å². The summed E-state index contributed by atoms with van der Waals surface area (Å²) in [5, 5.41) is 20.3.